The lowest BCUT2D eigenvalue weighted by Gasteiger charge is -2.34. The van der Waals surface area contributed by atoms with Gasteiger partial charge in [0.1, 0.15) is 16.5 Å². The Balaban J connectivity index is 1.01. The Morgan fingerprint density at radius 3 is 2.49 bits per heavy atom. The van der Waals surface area contributed by atoms with Crippen molar-refractivity contribution in [1.29, 1.82) is 0 Å². The number of benzene rings is 2. The summed E-state index contributed by atoms with van der Waals surface area (Å²) in [5.41, 5.74) is 2.61. The molecular weight excluding hydrogens is 519 g/mol. The number of H-pyrrole nitrogens is 1. The van der Waals surface area contributed by atoms with Crippen LogP contribution in [0.3, 0.4) is 0 Å². The van der Waals surface area contributed by atoms with Gasteiger partial charge in [0, 0.05) is 62.3 Å². The molecule has 0 atom stereocenters. The third-order valence-corrected chi connectivity index (χ3v) is 8.32. The zero-order valence-corrected chi connectivity index (χ0v) is 22.0. The highest BCUT2D eigenvalue weighted by Crippen LogP contribution is 2.39. The van der Waals surface area contributed by atoms with Gasteiger partial charge in [0.2, 0.25) is 5.95 Å². The van der Waals surface area contributed by atoms with Gasteiger partial charge in [-0.2, -0.15) is 10.1 Å². The summed E-state index contributed by atoms with van der Waals surface area (Å²) < 4.78 is 41.4. The van der Waals surface area contributed by atoms with Crippen LogP contribution in [0.25, 0.3) is 0 Å². The van der Waals surface area contributed by atoms with E-state index in [1.807, 2.05) is 24.3 Å². The summed E-state index contributed by atoms with van der Waals surface area (Å²) in [6, 6.07) is 16.4. The Bertz CT molecular complexity index is 1550. The lowest BCUT2D eigenvalue weighted by molar-refractivity contribution is 0.249. The summed E-state index contributed by atoms with van der Waals surface area (Å²) in [5.74, 6) is 1.99. The molecule has 1 saturated carbocycles. The number of hydrogen-bond donors (Lipinski definition) is 3. The average molecular weight is 549 g/mol. The smallest absolute Gasteiger partial charge is 0.264 e. The minimum absolute atomic E-state index is 0.374. The van der Waals surface area contributed by atoms with E-state index in [4.69, 9.17) is 0 Å². The summed E-state index contributed by atoms with van der Waals surface area (Å²) in [6.45, 7) is 4.00. The lowest BCUT2D eigenvalue weighted by Crippen LogP contribution is -2.46. The number of halogens is 1. The normalized spacial score (nSPS) is 16.3. The fourth-order valence-electron chi connectivity index (χ4n) is 4.62. The van der Waals surface area contributed by atoms with Crippen molar-refractivity contribution >= 4 is 33.3 Å². The molecule has 2 fully saturated rings. The van der Waals surface area contributed by atoms with Crippen LogP contribution in [0.5, 0.6) is 0 Å². The minimum atomic E-state index is -4.00. The molecule has 4 aromatic rings. The molecule has 2 aromatic heterocycles. The minimum Gasteiger partial charge on any atom is -0.338 e. The predicted molar refractivity (Wildman–Crippen MR) is 147 cm³/mol. The van der Waals surface area contributed by atoms with Crippen molar-refractivity contribution in [1.82, 2.24) is 25.1 Å². The fraction of sp³-hybridized carbons (Fsp3) is 0.296. The predicted octanol–water partition coefficient (Wildman–Crippen LogP) is 4.08. The van der Waals surface area contributed by atoms with Crippen LogP contribution in [0.2, 0.25) is 0 Å². The first-order valence-corrected chi connectivity index (χ1v) is 14.4. The highest BCUT2D eigenvalue weighted by atomic mass is 32.2. The van der Waals surface area contributed by atoms with Crippen LogP contribution < -0.4 is 14.9 Å². The maximum Gasteiger partial charge on any atom is 0.264 e. The first kappa shape index (κ1) is 25.3. The van der Waals surface area contributed by atoms with Gasteiger partial charge in [-0.3, -0.25) is 14.7 Å². The molecule has 6 rings (SSSR count). The maximum absolute atomic E-state index is 13.9. The van der Waals surface area contributed by atoms with Crippen molar-refractivity contribution < 1.29 is 12.8 Å². The first-order chi connectivity index (χ1) is 18.9. The highest BCUT2D eigenvalue weighted by Gasteiger charge is 2.26. The maximum atomic E-state index is 13.9. The highest BCUT2D eigenvalue weighted by molar-refractivity contribution is 7.92. The number of aromatic nitrogens is 4. The van der Waals surface area contributed by atoms with Crippen molar-refractivity contribution in [2.75, 3.05) is 41.1 Å². The Labute approximate surface area is 226 Å². The van der Waals surface area contributed by atoms with Gasteiger partial charge < -0.3 is 10.2 Å². The van der Waals surface area contributed by atoms with Crippen molar-refractivity contribution in [3.8, 4) is 0 Å². The summed E-state index contributed by atoms with van der Waals surface area (Å²) in [7, 11) is -4.00. The number of nitrogens with one attached hydrogen (secondary N) is 3. The SMILES string of the molecule is O=S(=O)(Nc1ccc(CN2CCN(c3nccc(Nc4cc(C5CC5)[nH]n4)n3)CC2)cc1)c1ccccc1F. The first-order valence-electron chi connectivity index (χ1n) is 12.9. The monoisotopic (exact) mass is 548 g/mol. The molecule has 2 aliphatic rings. The van der Waals surface area contributed by atoms with Gasteiger partial charge in [-0.15, -0.1) is 0 Å². The molecule has 202 valence electrons. The van der Waals surface area contributed by atoms with Gasteiger partial charge >= 0.3 is 0 Å². The molecule has 2 aromatic carbocycles. The van der Waals surface area contributed by atoms with Crippen molar-refractivity contribution in [2.45, 2.75) is 30.2 Å². The Morgan fingerprint density at radius 2 is 1.74 bits per heavy atom. The molecule has 0 amide bonds. The molecule has 1 saturated heterocycles. The van der Waals surface area contributed by atoms with Gasteiger partial charge in [0.05, 0.1) is 0 Å². The second-order valence-corrected chi connectivity index (χ2v) is 11.5. The number of anilines is 4. The Kier molecular flexibility index (Phi) is 6.88. The topological polar surface area (TPSA) is 119 Å². The number of hydrogen-bond acceptors (Lipinski definition) is 8. The van der Waals surface area contributed by atoms with Gasteiger partial charge in [-0.25, -0.2) is 17.8 Å². The van der Waals surface area contributed by atoms with E-state index in [1.165, 1.54) is 36.7 Å². The number of nitrogens with zero attached hydrogens (tertiary/aromatic N) is 5. The largest absolute Gasteiger partial charge is 0.338 e. The van der Waals surface area contributed by atoms with Crippen LogP contribution in [0.1, 0.15) is 30.0 Å². The van der Waals surface area contributed by atoms with E-state index in [-0.39, 0.29) is 4.90 Å². The number of rotatable bonds is 9. The van der Waals surface area contributed by atoms with E-state index in [0.29, 0.717) is 23.4 Å². The molecule has 3 N–H and O–H groups in total. The molecule has 1 aliphatic carbocycles. The summed E-state index contributed by atoms with van der Waals surface area (Å²) in [6.07, 6.45) is 4.19. The second-order valence-electron chi connectivity index (χ2n) is 9.85. The van der Waals surface area contributed by atoms with Gasteiger partial charge in [-0.1, -0.05) is 24.3 Å². The Morgan fingerprint density at radius 1 is 0.974 bits per heavy atom. The second kappa shape index (κ2) is 10.6. The van der Waals surface area contributed by atoms with Gasteiger partial charge in [-0.05, 0) is 48.7 Å². The van der Waals surface area contributed by atoms with Crippen molar-refractivity contribution in [3.63, 3.8) is 0 Å². The number of aromatic amines is 1. The Hall–Kier alpha value is -4.03. The van der Waals surface area contributed by atoms with Crippen molar-refractivity contribution in [3.05, 3.63) is 83.9 Å². The van der Waals surface area contributed by atoms with E-state index < -0.39 is 15.8 Å². The van der Waals surface area contributed by atoms with E-state index in [0.717, 1.165) is 50.2 Å². The summed E-state index contributed by atoms with van der Waals surface area (Å²) in [4.78, 5) is 13.3. The van der Waals surface area contributed by atoms with Gasteiger partial charge in [0.25, 0.3) is 10.0 Å². The summed E-state index contributed by atoms with van der Waals surface area (Å²) >= 11 is 0. The lowest BCUT2D eigenvalue weighted by atomic mass is 10.2. The molecule has 0 radical (unpaired) electrons. The summed E-state index contributed by atoms with van der Waals surface area (Å²) in [5, 5.41) is 10.7. The molecule has 3 heterocycles. The van der Waals surface area contributed by atoms with Crippen LogP contribution in [-0.4, -0.2) is 59.7 Å². The molecular formula is C27H29FN8O2S. The van der Waals surface area contributed by atoms with Crippen LogP contribution >= 0.6 is 0 Å². The van der Waals surface area contributed by atoms with Crippen LogP contribution in [0.4, 0.5) is 27.7 Å². The number of piperazine rings is 1. The van der Waals surface area contributed by atoms with Crippen LogP contribution in [0.15, 0.2) is 71.8 Å². The molecule has 0 bridgehead atoms. The van der Waals surface area contributed by atoms with E-state index in [2.05, 4.69) is 40.0 Å². The van der Waals surface area contributed by atoms with E-state index in [1.54, 1.807) is 18.3 Å². The van der Waals surface area contributed by atoms with Crippen LogP contribution in [-0.2, 0) is 16.6 Å². The zero-order valence-electron chi connectivity index (χ0n) is 21.2. The average Bonchev–Trinajstić information content (AvgIpc) is 3.69. The molecule has 0 spiro atoms. The van der Waals surface area contributed by atoms with Crippen molar-refractivity contribution in [2.24, 2.45) is 0 Å². The van der Waals surface area contributed by atoms with E-state index in [9.17, 15) is 12.8 Å². The standard InChI is InChI=1S/C27H29FN8O2S/c28-22-3-1-2-4-24(22)39(37,38)34-21-9-5-19(6-10-21)18-35-13-15-36(16-14-35)27-29-12-11-25(31-27)30-26-17-23(32-33-26)20-7-8-20/h1-6,9-12,17,20,34H,7-8,13-16,18H2,(H2,29,30,31,32,33). The molecule has 39 heavy (non-hydrogen) atoms. The number of sulfonamides is 1. The van der Waals surface area contributed by atoms with Crippen LogP contribution in [0, 0.1) is 5.82 Å². The molecule has 0 unspecified atom stereocenters. The molecule has 1 aliphatic heterocycles. The van der Waals surface area contributed by atoms with E-state index >= 15 is 0 Å². The van der Waals surface area contributed by atoms with Gasteiger partial charge in [0.15, 0.2) is 5.82 Å². The quantitative estimate of drug-likeness (QED) is 0.286. The third kappa shape index (κ3) is 6.02. The molecule has 10 nitrogen and oxygen atoms in total. The third-order valence-electron chi connectivity index (χ3n) is 6.91. The fourth-order valence-corrected chi connectivity index (χ4v) is 5.76. The zero-order chi connectivity index (χ0) is 26.8. The molecule has 12 heteroatoms.